The number of rotatable bonds is 5. The van der Waals surface area contributed by atoms with Gasteiger partial charge in [-0.3, -0.25) is 20.4 Å². The average Bonchev–Trinajstić information content (AvgIpc) is 2.64. The van der Waals surface area contributed by atoms with Crippen LogP contribution in [0.4, 0.5) is 24.5 Å². The van der Waals surface area contributed by atoms with Gasteiger partial charge in [0, 0.05) is 12.6 Å². The first-order valence-electron chi connectivity index (χ1n) is 7.92. The molecule has 0 saturated carbocycles. The lowest BCUT2D eigenvalue weighted by atomic mass is 10.1. The quantitative estimate of drug-likeness (QED) is 0.534. The van der Waals surface area contributed by atoms with Crippen LogP contribution in [0, 0.1) is 0 Å². The van der Waals surface area contributed by atoms with Gasteiger partial charge in [-0.1, -0.05) is 18.2 Å². The zero-order valence-electron chi connectivity index (χ0n) is 14.6. The number of anilines is 2. The molecule has 28 heavy (non-hydrogen) atoms. The summed E-state index contributed by atoms with van der Waals surface area (Å²) < 4.78 is 43.4. The van der Waals surface area contributed by atoms with Crippen LogP contribution in [0.15, 0.2) is 48.5 Å². The Labute approximate surface area is 157 Å². The van der Waals surface area contributed by atoms with Crippen LogP contribution in [-0.2, 0) is 20.5 Å². The van der Waals surface area contributed by atoms with E-state index in [-0.39, 0.29) is 16.9 Å². The van der Waals surface area contributed by atoms with E-state index < -0.39 is 36.1 Å². The number of carbonyl (C=O) groups is 3. The minimum Gasteiger partial charge on any atom is -0.452 e. The number of esters is 1. The van der Waals surface area contributed by atoms with Gasteiger partial charge in [0.1, 0.15) is 0 Å². The fourth-order valence-corrected chi connectivity index (χ4v) is 2.10. The van der Waals surface area contributed by atoms with E-state index in [9.17, 15) is 27.6 Å². The number of nitrogens with one attached hydrogen (secondary N) is 3. The number of ether oxygens (including phenoxy) is 1. The van der Waals surface area contributed by atoms with Crippen LogP contribution in [0.5, 0.6) is 0 Å². The SMILES string of the molecule is CC(=O)NNC(=O)COC(=O)c1ccccc1Nc1cccc(C(F)(F)F)c1. The molecule has 0 unspecified atom stereocenters. The highest BCUT2D eigenvalue weighted by Gasteiger charge is 2.30. The van der Waals surface area contributed by atoms with Crippen LogP contribution in [0.25, 0.3) is 0 Å². The Morgan fingerprint density at radius 1 is 1.00 bits per heavy atom. The van der Waals surface area contributed by atoms with Crippen molar-refractivity contribution in [2.45, 2.75) is 13.1 Å². The van der Waals surface area contributed by atoms with Gasteiger partial charge in [-0.05, 0) is 30.3 Å². The maximum Gasteiger partial charge on any atom is 0.416 e. The van der Waals surface area contributed by atoms with E-state index in [0.29, 0.717) is 0 Å². The van der Waals surface area contributed by atoms with E-state index in [1.165, 1.54) is 37.3 Å². The van der Waals surface area contributed by atoms with Gasteiger partial charge < -0.3 is 10.1 Å². The second kappa shape index (κ2) is 8.89. The fourth-order valence-electron chi connectivity index (χ4n) is 2.10. The predicted molar refractivity (Wildman–Crippen MR) is 93.4 cm³/mol. The summed E-state index contributed by atoms with van der Waals surface area (Å²) in [5.41, 5.74) is 3.57. The molecule has 0 aliphatic rings. The number of alkyl halides is 3. The zero-order valence-corrected chi connectivity index (χ0v) is 14.6. The Morgan fingerprint density at radius 3 is 2.39 bits per heavy atom. The van der Waals surface area contributed by atoms with Gasteiger partial charge in [-0.15, -0.1) is 0 Å². The van der Waals surface area contributed by atoms with Crippen molar-refractivity contribution in [3.63, 3.8) is 0 Å². The number of hydrogen-bond donors (Lipinski definition) is 3. The van der Waals surface area contributed by atoms with Crippen LogP contribution >= 0.6 is 0 Å². The van der Waals surface area contributed by atoms with Crippen molar-refractivity contribution >= 4 is 29.2 Å². The maximum absolute atomic E-state index is 12.8. The molecule has 0 spiro atoms. The number of carbonyl (C=O) groups excluding carboxylic acids is 3. The second-order valence-electron chi connectivity index (χ2n) is 5.55. The summed E-state index contributed by atoms with van der Waals surface area (Å²) in [5, 5.41) is 2.74. The number of hydrazine groups is 1. The van der Waals surface area contributed by atoms with Gasteiger partial charge in [0.25, 0.3) is 5.91 Å². The highest BCUT2D eigenvalue weighted by atomic mass is 19.4. The van der Waals surface area contributed by atoms with Crippen LogP contribution in [0.3, 0.4) is 0 Å². The molecule has 2 aromatic carbocycles. The Bertz CT molecular complexity index is 884. The van der Waals surface area contributed by atoms with Crippen molar-refractivity contribution < 1.29 is 32.3 Å². The van der Waals surface area contributed by atoms with E-state index in [2.05, 4.69) is 5.32 Å². The fraction of sp³-hybridized carbons (Fsp3) is 0.167. The van der Waals surface area contributed by atoms with Gasteiger partial charge >= 0.3 is 12.1 Å². The number of amides is 2. The molecular weight excluding hydrogens is 379 g/mol. The highest BCUT2D eigenvalue weighted by molar-refractivity contribution is 5.97. The van der Waals surface area contributed by atoms with Crippen LogP contribution in [-0.4, -0.2) is 24.4 Å². The molecule has 0 fully saturated rings. The number of halogens is 3. The minimum absolute atomic E-state index is 0.0206. The predicted octanol–water partition coefficient (Wildman–Crippen LogP) is 2.77. The largest absolute Gasteiger partial charge is 0.452 e. The topological polar surface area (TPSA) is 96.5 Å². The lowest BCUT2D eigenvalue weighted by Gasteiger charge is -2.13. The Hall–Kier alpha value is -3.56. The lowest BCUT2D eigenvalue weighted by Crippen LogP contribution is -2.42. The number of para-hydroxylation sites is 1. The van der Waals surface area contributed by atoms with Crippen LogP contribution in [0.2, 0.25) is 0 Å². The molecule has 0 aliphatic heterocycles. The molecule has 2 rings (SSSR count). The molecule has 0 bridgehead atoms. The number of hydrogen-bond acceptors (Lipinski definition) is 5. The van der Waals surface area contributed by atoms with E-state index >= 15 is 0 Å². The van der Waals surface area contributed by atoms with Crippen LogP contribution in [0.1, 0.15) is 22.8 Å². The highest BCUT2D eigenvalue weighted by Crippen LogP contribution is 2.31. The molecule has 2 amide bonds. The summed E-state index contributed by atoms with van der Waals surface area (Å²) in [5.74, 6) is -2.13. The smallest absolute Gasteiger partial charge is 0.416 e. The van der Waals surface area contributed by atoms with Crippen molar-refractivity contribution in [2.24, 2.45) is 0 Å². The first-order valence-corrected chi connectivity index (χ1v) is 7.92. The van der Waals surface area contributed by atoms with E-state index in [1.807, 2.05) is 10.9 Å². The van der Waals surface area contributed by atoms with Crippen molar-refractivity contribution in [3.8, 4) is 0 Å². The summed E-state index contributed by atoms with van der Waals surface area (Å²) >= 11 is 0. The first-order chi connectivity index (χ1) is 13.2. The zero-order chi connectivity index (χ0) is 20.7. The standard InChI is InChI=1S/C18H16F3N3O4/c1-11(25)23-24-16(26)10-28-17(27)14-7-2-3-8-15(14)22-13-6-4-5-12(9-13)18(19,20)21/h2-9,22H,10H2,1H3,(H,23,25)(H,24,26). The Balaban J connectivity index is 2.09. The minimum atomic E-state index is -4.50. The van der Waals surface area contributed by atoms with Gasteiger partial charge in [-0.25, -0.2) is 4.79 Å². The molecule has 7 nitrogen and oxygen atoms in total. The molecule has 3 N–H and O–H groups in total. The Morgan fingerprint density at radius 2 is 1.71 bits per heavy atom. The molecule has 0 heterocycles. The van der Waals surface area contributed by atoms with Gasteiger partial charge in [0.2, 0.25) is 5.91 Å². The summed E-state index contributed by atoms with van der Waals surface area (Å²) in [6, 6.07) is 10.5. The second-order valence-corrected chi connectivity index (χ2v) is 5.55. The van der Waals surface area contributed by atoms with Gasteiger partial charge in [-0.2, -0.15) is 13.2 Å². The third-order valence-electron chi connectivity index (χ3n) is 3.33. The van der Waals surface area contributed by atoms with E-state index in [0.717, 1.165) is 12.1 Å². The molecule has 0 aliphatic carbocycles. The van der Waals surface area contributed by atoms with Crippen LogP contribution < -0.4 is 16.2 Å². The van der Waals surface area contributed by atoms with E-state index in [4.69, 9.17) is 4.74 Å². The van der Waals surface area contributed by atoms with Gasteiger partial charge in [0.15, 0.2) is 6.61 Å². The monoisotopic (exact) mass is 395 g/mol. The van der Waals surface area contributed by atoms with Crippen molar-refractivity contribution in [3.05, 3.63) is 59.7 Å². The molecule has 2 aromatic rings. The summed E-state index contributed by atoms with van der Waals surface area (Å²) in [7, 11) is 0. The maximum atomic E-state index is 12.8. The van der Waals surface area contributed by atoms with Gasteiger partial charge in [0.05, 0.1) is 16.8 Å². The first kappa shape index (κ1) is 20.7. The third-order valence-corrected chi connectivity index (χ3v) is 3.33. The normalized spacial score (nSPS) is 10.7. The molecule has 0 saturated heterocycles. The van der Waals surface area contributed by atoms with E-state index in [1.54, 1.807) is 6.07 Å². The third kappa shape index (κ3) is 6.01. The summed E-state index contributed by atoms with van der Waals surface area (Å²) in [6.45, 7) is 0.527. The summed E-state index contributed by atoms with van der Waals surface area (Å²) in [6.07, 6.45) is -4.50. The molecule has 0 radical (unpaired) electrons. The summed E-state index contributed by atoms with van der Waals surface area (Å²) in [4.78, 5) is 34.4. The molecule has 0 aromatic heterocycles. The molecule has 10 heteroatoms. The van der Waals surface area contributed by atoms with Crippen molar-refractivity contribution in [1.82, 2.24) is 10.9 Å². The Kier molecular flexibility index (Phi) is 6.59. The molecular formula is C18H16F3N3O4. The average molecular weight is 395 g/mol. The lowest BCUT2D eigenvalue weighted by molar-refractivity contribution is -0.137. The molecule has 0 atom stereocenters. The molecule has 148 valence electrons. The number of benzene rings is 2. The van der Waals surface area contributed by atoms with Crippen molar-refractivity contribution in [1.29, 1.82) is 0 Å². The van der Waals surface area contributed by atoms with Crippen molar-refractivity contribution in [2.75, 3.05) is 11.9 Å².